The largest absolute Gasteiger partial charge is 0.460 e. The highest BCUT2D eigenvalue weighted by molar-refractivity contribution is 7.52. The fourth-order valence-electron chi connectivity index (χ4n) is 3.74. The lowest BCUT2D eigenvalue weighted by molar-refractivity contribution is -0.146. The monoisotopic (exact) mass is 563 g/mol. The number of rotatable bonds is 11. The number of hydrogen-bond donors (Lipinski definition) is 3. The minimum atomic E-state index is -4.26. The molecule has 0 bridgehead atoms. The topological polar surface area (TPSA) is 158 Å². The Morgan fingerprint density at radius 1 is 1.21 bits per heavy atom. The van der Waals surface area contributed by atoms with Crippen LogP contribution in [0, 0.1) is 5.82 Å². The molecular weight excluding hydrogens is 536 g/mol. The predicted molar refractivity (Wildman–Crippen MR) is 135 cm³/mol. The summed E-state index contributed by atoms with van der Waals surface area (Å²) in [7, 11) is -4.26. The van der Waals surface area contributed by atoms with Crippen molar-refractivity contribution >= 4 is 13.7 Å². The number of ether oxygens (including phenoxy) is 2. The van der Waals surface area contributed by atoms with Crippen molar-refractivity contribution in [3.8, 4) is 5.75 Å². The van der Waals surface area contributed by atoms with Crippen molar-refractivity contribution in [2.24, 2.45) is 0 Å². The van der Waals surface area contributed by atoms with E-state index in [0.29, 0.717) is 6.20 Å². The summed E-state index contributed by atoms with van der Waals surface area (Å²) in [6.45, 7) is 0.942. The van der Waals surface area contributed by atoms with E-state index in [9.17, 15) is 28.4 Å². The van der Waals surface area contributed by atoms with Crippen LogP contribution in [0.25, 0.3) is 0 Å². The maximum atomic E-state index is 13.7. The van der Waals surface area contributed by atoms with Gasteiger partial charge in [-0.25, -0.2) is 9.36 Å². The number of halogens is 1. The van der Waals surface area contributed by atoms with E-state index in [2.05, 4.69) is 5.09 Å². The summed E-state index contributed by atoms with van der Waals surface area (Å²) in [5, 5.41) is 13.0. The van der Waals surface area contributed by atoms with Gasteiger partial charge in [-0.3, -0.25) is 23.7 Å². The molecule has 39 heavy (non-hydrogen) atoms. The molecule has 2 heterocycles. The molecule has 1 aromatic heterocycles. The normalized spacial score (nSPS) is 21.2. The lowest BCUT2D eigenvalue weighted by Crippen LogP contribution is -2.36. The number of aromatic amines is 1. The molecule has 1 aliphatic rings. The molecule has 0 amide bonds. The van der Waals surface area contributed by atoms with E-state index in [0.717, 1.165) is 10.1 Å². The number of aliphatic hydroxyl groups excluding tert-OH is 1. The molecule has 208 valence electrons. The summed E-state index contributed by atoms with van der Waals surface area (Å²) < 4.78 is 50.2. The second-order valence-corrected chi connectivity index (χ2v) is 10.4. The molecule has 0 saturated carbocycles. The third-order valence-electron chi connectivity index (χ3n) is 5.75. The maximum Gasteiger partial charge on any atom is 0.459 e. The number of carbonyl (C=O) groups is 1. The summed E-state index contributed by atoms with van der Waals surface area (Å²) in [5.41, 5.74) is -1.35. The van der Waals surface area contributed by atoms with Gasteiger partial charge in [-0.1, -0.05) is 48.5 Å². The van der Waals surface area contributed by atoms with Crippen LogP contribution in [0.3, 0.4) is 0 Å². The number of hydrogen-bond acceptors (Lipinski definition) is 9. The van der Waals surface area contributed by atoms with Crippen molar-refractivity contribution in [1.29, 1.82) is 0 Å². The van der Waals surface area contributed by atoms with E-state index in [1.165, 1.54) is 19.1 Å². The molecular formula is C25H27FN3O9P. The molecule has 1 fully saturated rings. The number of nitrogens with zero attached hydrogens (tertiary/aromatic N) is 1. The molecule has 0 aliphatic carbocycles. The molecule has 3 aromatic rings. The van der Waals surface area contributed by atoms with Crippen LogP contribution in [0.1, 0.15) is 25.1 Å². The summed E-state index contributed by atoms with van der Waals surface area (Å²) in [6.07, 6.45) is -2.89. The van der Waals surface area contributed by atoms with Gasteiger partial charge in [-0.2, -0.15) is 9.48 Å². The number of carbonyl (C=O) groups excluding carboxylic acids is 1. The average molecular weight is 563 g/mol. The number of H-pyrrole nitrogens is 1. The second kappa shape index (κ2) is 12.5. The van der Waals surface area contributed by atoms with Gasteiger partial charge in [0.25, 0.3) is 5.56 Å². The Morgan fingerprint density at radius 2 is 1.87 bits per heavy atom. The van der Waals surface area contributed by atoms with Gasteiger partial charge in [-0.15, -0.1) is 0 Å². The summed E-state index contributed by atoms with van der Waals surface area (Å²) in [6, 6.07) is 16.0. The first-order valence-electron chi connectivity index (χ1n) is 12.0. The molecule has 3 N–H and O–H groups in total. The zero-order valence-corrected chi connectivity index (χ0v) is 21.7. The second-order valence-electron chi connectivity index (χ2n) is 8.72. The van der Waals surface area contributed by atoms with Crippen LogP contribution in [0.5, 0.6) is 5.75 Å². The Balaban J connectivity index is 1.43. The van der Waals surface area contributed by atoms with Crippen molar-refractivity contribution in [1.82, 2.24) is 14.6 Å². The van der Waals surface area contributed by atoms with Crippen molar-refractivity contribution < 1.29 is 37.4 Å². The Hall–Kier alpha value is -3.61. The van der Waals surface area contributed by atoms with Gasteiger partial charge >= 0.3 is 19.4 Å². The molecule has 2 aromatic carbocycles. The summed E-state index contributed by atoms with van der Waals surface area (Å²) in [4.78, 5) is 37.8. The van der Waals surface area contributed by atoms with Crippen LogP contribution in [0.2, 0.25) is 0 Å². The fraction of sp³-hybridized carbons (Fsp3) is 0.320. The number of aromatic nitrogens is 2. The molecule has 4 rings (SSSR count). The molecule has 1 aliphatic heterocycles. The van der Waals surface area contributed by atoms with E-state index < -0.39 is 61.9 Å². The zero-order chi connectivity index (χ0) is 28.0. The van der Waals surface area contributed by atoms with Gasteiger partial charge in [0.15, 0.2) is 0 Å². The Bertz CT molecular complexity index is 1430. The summed E-state index contributed by atoms with van der Waals surface area (Å²) >= 11 is 0. The Labute approximate surface area is 221 Å². The third-order valence-corrected chi connectivity index (χ3v) is 7.39. The lowest BCUT2D eigenvalue weighted by Gasteiger charge is -2.24. The molecule has 3 unspecified atom stereocenters. The van der Waals surface area contributed by atoms with Gasteiger partial charge < -0.3 is 19.1 Å². The van der Waals surface area contributed by atoms with Gasteiger partial charge in [0.1, 0.15) is 30.7 Å². The first-order chi connectivity index (χ1) is 18.6. The number of para-hydroxylation sites is 1. The quantitative estimate of drug-likeness (QED) is 0.233. The fourth-order valence-corrected chi connectivity index (χ4v) is 5.24. The van der Waals surface area contributed by atoms with Gasteiger partial charge in [0.05, 0.1) is 18.9 Å². The van der Waals surface area contributed by atoms with Crippen molar-refractivity contribution in [2.75, 3.05) is 6.61 Å². The molecule has 12 nitrogen and oxygen atoms in total. The van der Waals surface area contributed by atoms with E-state index in [1.54, 1.807) is 42.5 Å². The highest BCUT2D eigenvalue weighted by Crippen LogP contribution is 2.46. The standard InChI is InChI=1S/C25H27FN3O9P/c1-16(24(32)35-14-17-8-4-2-5-9-17)28-39(34,38-18-10-6-3-7-11-18)36-15-21-20(30)12-22(37-21)29-13-19(26)23(31)27-25(29)33/h2-11,13,16,20-22,30H,12,14-15H2,1H3,(H,28,34)(H,27,31,33)/t16?,20-,21?,22-,39?/m1/s1. The van der Waals surface area contributed by atoms with Crippen LogP contribution < -0.4 is 20.9 Å². The molecule has 14 heteroatoms. The van der Waals surface area contributed by atoms with Crippen LogP contribution >= 0.6 is 7.75 Å². The first-order valence-corrected chi connectivity index (χ1v) is 13.5. The highest BCUT2D eigenvalue weighted by Gasteiger charge is 2.39. The minimum Gasteiger partial charge on any atom is -0.460 e. The van der Waals surface area contributed by atoms with Crippen LogP contribution in [0.4, 0.5) is 4.39 Å². The van der Waals surface area contributed by atoms with Gasteiger partial charge in [-0.05, 0) is 24.6 Å². The zero-order valence-electron chi connectivity index (χ0n) is 20.8. The molecule has 0 radical (unpaired) electrons. The lowest BCUT2D eigenvalue weighted by atomic mass is 10.2. The van der Waals surface area contributed by atoms with Crippen LogP contribution in [-0.4, -0.2) is 45.5 Å². The summed E-state index contributed by atoms with van der Waals surface area (Å²) in [5.74, 6) is -1.74. The number of aliphatic hydroxyl groups is 1. The third kappa shape index (κ3) is 7.49. The predicted octanol–water partition coefficient (Wildman–Crippen LogP) is 2.25. The highest BCUT2D eigenvalue weighted by atomic mass is 31.2. The van der Waals surface area contributed by atoms with E-state index in [4.69, 9.17) is 18.5 Å². The van der Waals surface area contributed by atoms with E-state index in [1.807, 2.05) is 11.1 Å². The Morgan fingerprint density at radius 3 is 2.56 bits per heavy atom. The number of esters is 1. The van der Waals surface area contributed by atoms with Crippen molar-refractivity contribution in [3.05, 3.63) is 99.1 Å². The van der Waals surface area contributed by atoms with Crippen LogP contribution in [0.15, 0.2) is 76.4 Å². The van der Waals surface area contributed by atoms with Crippen LogP contribution in [-0.2, 0) is 30.0 Å². The minimum absolute atomic E-state index is 0.00457. The van der Waals surface area contributed by atoms with E-state index in [-0.39, 0.29) is 18.8 Å². The van der Waals surface area contributed by atoms with Crippen molar-refractivity contribution in [3.63, 3.8) is 0 Å². The first kappa shape index (κ1) is 28.4. The SMILES string of the molecule is CC(NP(=O)(OCC1O[C@@H](n2cc(F)c(=O)[nH]c2=O)C[C@H]1O)Oc1ccccc1)C(=O)OCc1ccccc1. The molecule has 1 saturated heterocycles. The Kier molecular flexibility index (Phi) is 9.10. The van der Waals surface area contributed by atoms with Gasteiger partial charge in [0, 0.05) is 6.42 Å². The number of nitrogens with one attached hydrogen (secondary N) is 2. The molecule has 0 spiro atoms. The smallest absolute Gasteiger partial charge is 0.459 e. The van der Waals surface area contributed by atoms with Gasteiger partial charge in [0.2, 0.25) is 5.82 Å². The van der Waals surface area contributed by atoms with Crippen molar-refractivity contribution in [2.45, 2.75) is 44.4 Å². The van der Waals surface area contributed by atoms with E-state index >= 15 is 0 Å². The maximum absolute atomic E-state index is 13.7. The molecule has 5 atom stereocenters. The average Bonchev–Trinajstić information content (AvgIpc) is 3.29. The number of benzene rings is 2.